The number of para-hydroxylation sites is 1. The molecule has 2 N–H and O–H groups in total. The summed E-state index contributed by atoms with van der Waals surface area (Å²) in [5.74, 6) is 6.45. The van der Waals surface area contributed by atoms with Gasteiger partial charge in [-0.2, -0.15) is 0 Å². The zero-order valence-electron chi connectivity index (χ0n) is 16.6. The summed E-state index contributed by atoms with van der Waals surface area (Å²) in [7, 11) is 1.79. The number of nitrogens with zero attached hydrogens (tertiary/aromatic N) is 2. The average molecular weight is 385 g/mol. The molecule has 0 bridgehead atoms. The minimum Gasteiger partial charge on any atom is -0.344 e. The van der Waals surface area contributed by atoms with E-state index in [0.717, 1.165) is 16.8 Å². The van der Waals surface area contributed by atoms with Crippen LogP contribution in [0.15, 0.2) is 59.4 Å². The molecule has 2 atom stereocenters. The van der Waals surface area contributed by atoms with Gasteiger partial charge in [-0.25, -0.2) is 0 Å². The predicted octanol–water partition coefficient (Wildman–Crippen LogP) is 2.84. The van der Waals surface area contributed by atoms with Gasteiger partial charge in [0.25, 0.3) is 5.56 Å². The molecule has 1 amide bonds. The van der Waals surface area contributed by atoms with E-state index < -0.39 is 0 Å². The molecule has 1 fully saturated rings. The van der Waals surface area contributed by atoms with E-state index >= 15 is 0 Å². The van der Waals surface area contributed by atoms with Gasteiger partial charge in [0.15, 0.2) is 0 Å². The maximum Gasteiger partial charge on any atom is 0.264 e. The van der Waals surface area contributed by atoms with Crippen molar-refractivity contribution < 1.29 is 4.79 Å². The Morgan fingerprint density at radius 1 is 1.10 bits per heavy atom. The van der Waals surface area contributed by atoms with Gasteiger partial charge in [0.2, 0.25) is 5.91 Å². The molecule has 4 rings (SSSR count). The third-order valence-corrected chi connectivity index (χ3v) is 5.31. The normalized spacial score (nSPS) is 17.3. The lowest BCUT2D eigenvalue weighted by molar-refractivity contribution is -0.126. The van der Waals surface area contributed by atoms with E-state index in [-0.39, 0.29) is 23.4 Å². The summed E-state index contributed by atoms with van der Waals surface area (Å²) >= 11 is 0. The predicted molar refractivity (Wildman–Crippen MR) is 115 cm³/mol. The smallest absolute Gasteiger partial charge is 0.264 e. The first-order valence-electron chi connectivity index (χ1n) is 9.71. The number of pyridine rings is 1. The van der Waals surface area contributed by atoms with E-state index in [1.807, 2.05) is 61.5 Å². The molecule has 2 heterocycles. The van der Waals surface area contributed by atoms with Crippen LogP contribution in [0.25, 0.3) is 16.5 Å². The van der Waals surface area contributed by atoms with Gasteiger partial charge in [0, 0.05) is 48.9 Å². The summed E-state index contributed by atoms with van der Waals surface area (Å²) in [6.07, 6.45) is 0.428. The second-order valence-electron chi connectivity index (χ2n) is 7.55. The Morgan fingerprint density at radius 2 is 1.86 bits per heavy atom. The Kier molecular flexibility index (Phi) is 4.96. The SMILES string of the molecule is CC(N)c1cc2cccc(C#CC3CC(=O)N(C)C3)c2c(=O)n1-c1ccccc1. The van der Waals surface area contributed by atoms with Crippen molar-refractivity contribution in [3.63, 3.8) is 0 Å². The Hall–Kier alpha value is -3.36. The first kappa shape index (κ1) is 19.0. The van der Waals surface area contributed by atoms with Crippen molar-refractivity contribution in [1.82, 2.24) is 9.47 Å². The average Bonchev–Trinajstić information content (AvgIpc) is 3.04. The Bertz CT molecular complexity index is 1200. The number of hydrogen-bond acceptors (Lipinski definition) is 3. The number of carbonyl (C=O) groups is 1. The zero-order chi connectivity index (χ0) is 20.5. The monoisotopic (exact) mass is 385 g/mol. The molecule has 0 aliphatic carbocycles. The quantitative estimate of drug-likeness (QED) is 0.690. The lowest BCUT2D eigenvalue weighted by atomic mass is 10.0. The maximum absolute atomic E-state index is 13.6. The van der Waals surface area contributed by atoms with E-state index in [1.165, 1.54) is 0 Å². The van der Waals surface area contributed by atoms with Crippen LogP contribution in [-0.4, -0.2) is 29.0 Å². The molecule has 5 heteroatoms. The minimum atomic E-state index is -0.304. The van der Waals surface area contributed by atoms with Gasteiger partial charge in [-0.05, 0) is 36.6 Å². The summed E-state index contributed by atoms with van der Waals surface area (Å²) in [6, 6.07) is 16.8. The van der Waals surface area contributed by atoms with Crippen molar-refractivity contribution >= 4 is 16.7 Å². The van der Waals surface area contributed by atoms with Crippen LogP contribution in [0.3, 0.4) is 0 Å². The Morgan fingerprint density at radius 3 is 2.52 bits per heavy atom. The van der Waals surface area contributed by atoms with E-state index in [4.69, 9.17) is 5.73 Å². The van der Waals surface area contributed by atoms with Crippen molar-refractivity contribution in [2.24, 2.45) is 11.7 Å². The molecule has 0 saturated carbocycles. The second-order valence-corrected chi connectivity index (χ2v) is 7.55. The van der Waals surface area contributed by atoms with Crippen molar-refractivity contribution in [1.29, 1.82) is 0 Å². The first-order valence-corrected chi connectivity index (χ1v) is 9.71. The molecule has 146 valence electrons. The lowest BCUT2D eigenvalue weighted by Crippen LogP contribution is -2.26. The Labute approximate surface area is 169 Å². The number of rotatable bonds is 2. The van der Waals surface area contributed by atoms with Crippen molar-refractivity contribution in [2.75, 3.05) is 13.6 Å². The van der Waals surface area contributed by atoms with Crippen molar-refractivity contribution in [3.8, 4) is 17.5 Å². The number of carbonyl (C=O) groups excluding carboxylic acids is 1. The standard InChI is InChI=1S/C24H23N3O2/c1-16(25)21-14-19-8-6-7-18(12-11-17-13-22(28)26(2)15-17)23(19)24(29)27(21)20-9-4-3-5-10-20/h3-10,14,16-17H,13,15,25H2,1-2H3. The molecule has 1 saturated heterocycles. The van der Waals surface area contributed by atoms with Crippen molar-refractivity contribution in [3.05, 3.63) is 76.2 Å². The fourth-order valence-electron chi connectivity index (χ4n) is 3.80. The van der Waals surface area contributed by atoms with E-state index in [9.17, 15) is 9.59 Å². The highest BCUT2D eigenvalue weighted by Crippen LogP contribution is 2.22. The molecule has 2 aromatic carbocycles. The summed E-state index contributed by atoms with van der Waals surface area (Å²) < 4.78 is 1.67. The molecular weight excluding hydrogens is 362 g/mol. The van der Waals surface area contributed by atoms with Gasteiger partial charge in [-0.1, -0.05) is 42.2 Å². The van der Waals surface area contributed by atoms with Gasteiger partial charge in [-0.15, -0.1) is 0 Å². The molecular formula is C24H23N3O2. The highest BCUT2D eigenvalue weighted by molar-refractivity contribution is 5.88. The molecule has 29 heavy (non-hydrogen) atoms. The number of likely N-dealkylation sites (tertiary alicyclic amines) is 1. The van der Waals surface area contributed by atoms with Crippen LogP contribution in [0.5, 0.6) is 0 Å². The number of hydrogen-bond donors (Lipinski definition) is 1. The molecule has 1 aliphatic heterocycles. The van der Waals surface area contributed by atoms with Crippen molar-refractivity contribution in [2.45, 2.75) is 19.4 Å². The fraction of sp³-hybridized carbons (Fsp3) is 0.250. The molecule has 3 aromatic rings. The fourth-order valence-corrected chi connectivity index (χ4v) is 3.80. The largest absolute Gasteiger partial charge is 0.344 e. The lowest BCUT2D eigenvalue weighted by Gasteiger charge is -2.17. The van der Waals surface area contributed by atoms with Crippen LogP contribution in [0, 0.1) is 17.8 Å². The second kappa shape index (κ2) is 7.57. The van der Waals surface area contributed by atoms with Crippen LogP contribution in [-0.2, 0) is 4.79 Å². The van der Waals surface area contributed by atoms with Crippen LogP contribution in [0.2, 0.25) is 0 Å². The Balaban J connectivity index is 1.91. The van der Waals surface area contributed by atoms with Crippen LogP contribution in [0.4, 0.5) is 0 Å². The molecule has 5 nitrogen and oxygen atoms in total. The van der Waals surface area contributed by atoms with Crippen LogP contribution in [0.1, 0.15) is 30.6 Å². The third-order valence-electron chi connectivity index (χ3n) is 5.31. The van der Waals surface area contributed by atoms with Crippen LogP contribution >= 0.6 is 0 Å². The van der Waals surface area contributed by atoms with E-state index in [2.05, 4.69) is 11.8 Å². The van der Waals surface area contributed by atoms with Gasteiger partial charge in [0.05, 0.1) is 5.39 Å². The number of amides is 1. The molecule has 1 aliphatic rings. The summed E-state index contributed by atoms with van der Waals surface area (Å²) in [5.41, 5.74) is 8.26. The van der Waals surface area contributed by atoms with Gasteiger partial charge < -0.3 is 10.6 Å². The summed E-state index contributed by atoms with van der Waals surface area (Å²) in [6.45, 7) is 2.50. The minimum absolute atomic E-state index is 0.0116. The van der Waals surface area contributed by atoms with Gasteiger partial charge in [0.1, 0.15) is 0 Å². The maximum atomic E-state index is 13.6. The van der Waals surface area contributed by atoms with Gasteiger partial charge >= 0.3 is 0 Å². The molecule has 2 unspecified atom stereocenters. The summed E-state index contributed by atoms with van der Waals surface area (Å²) in [4.78, 5) is 27.0. The number of benzene rings is 2. The van der Waals surface area contributed by atoms with E-state index in [0.29, 0.717) is 23.9 Å². The first-order chi connectivity index (χ1) is 14.0. The number of nitrogens with two attached hydrogens (primary N) is 1. The summed E-state index contributed by atoms with van der Waals surface area (Å²) in [5, 5.41) is 1.40. The molecule has 0 spiro atoms. The molecule has 1 aromatic heterocycles. The number of fused-ring (bicyclic) bond motifs is 1. The topological polar surface area (TPSA) is 68.3 Å². The third kappa shape index (κ3) is 3.55. The van der Waals surface area contributed by atoms with E-state index in [1.54, 1.807) is 16.5 Å². The zero-order valence-corrected chi connectivity index (χ0v) is 16.6. The highest BCUT2D eigenvalue weighted by atomic mass is 16.2. The van der Waals surface area contributed by atoms with Gasteiger partial charge in [-0.3, -0.25) is 14.2 Å². The number of aromatic nitrogens is 1. The van der Waals surface area contributed by atoms with Crippen LogP contribution < -0.4 is 11.3 Å². The highest BCUT2D eigenvalue weighted by Gasteiger charge is 2.25. The molecule has 0 radical (unpaired) electrons.